The number of aryl methyl sites for hydroxylation is 3. The quantitative estimate of drug-likeness (QED) is 0.291. The van der Waals surface area contributed by atoms with Gasteiger partial charge in [0.15, 0.2) is 5.65 Å². The SMILES string of the molecule is Cc1ccc(-n2ncc3c(=O)n(CCC(=O)Nc4ccc(-c5nc6ccc(C)cc6s5)cc4)c(C)nc32)cc1. The summed E-state index contributed by atoms with van der Waals surface area (Å²) in [6.07, 6.45) is 1.67. The summed E-state index contributed by atoms with van der Waals surface area (Å²) in [7, 11) is 0. The van der Waals surface area contributed by atoms with E-state index in [2.05, 4.69) is 34.5 Å². The molecule has 1 amide bonds. The molecular formula is C30H26N6O2S. The number of thiazole rings is 1. The van der Waals surface area contributed by atoms with E-state index in [1.54, 1.807) is 22.9 Å². The van der Waals surface area contributed by atoms with Crippen LogP contribution >= 0.6 is 11.3 Å². The fraction of sp³-hybridized carbons (Fsp3) is 0.167. The molecule has 6 rings (SSSR count). The fourth-order valence-electron chi connectivity index (χ4n) is 4.53. The van der Waals surface area contributed by atoms with Crippen molar-refractivity contribution in [2.45, 2.75) is 33.7 Å². The van der Waals surface area contributed by atoms with Crippen LogP contribution in [0.25, 0.3) is 37.5 Å². The number of hydrogen-bond acceptors (Lipinski definition) is 6. The third kappa shape index (κ3) is 4.84. The molecule has 0 aliphatic carbocycles. The first-order valence-electron chi connectivity index (χ1n) is 12.7. The number of carbonyl (C=O) groups is 1. The van der Waals surface area contributed by atoms with Crippen LogP contribution in [0.5, 0.6) is 0 Å². The minimum Gasteiger partial charge on any atom is -0.326 e. The van der Waals surface area contributed by atoms with E-state index in [0.29, 0.717) is 22.5 Å². The van der Waals surface area contributed by atoms with Gasteiger partial charge in [-0.25, -0.2) is 14.6 Å². The second-order valence-corrected chi connectivity index (χ2v) is 10.6. The Bertz CT molecular complexity index is 1900. The van der Waals surface area contributed by atoms with Crippen molar-refractivity contribution in [2.75, 3.05) is 5.32 Å². The Labute approximate surface area is 228 Å². The van der Waals surface area contributed by atoms with Crippen LogP contribution in [0.2, 0.25) is 0 Å². The summed E-state index contributed by atoms with van der Waals surface area (Å²) >= 11 is 1.65. The third-order valence-electron chi connectivity index (χ3n) is 6.68. The van der Waals surface area contributed by atoms with E-state index in [9.17, 15) is 9.59 Å². The summed E-state index contributed by atoms with van der Waals surface area (Å²) in [5.41, 5.74) is 6.16. The molecule has 0 bridgehead atoms. The second-order valence-electron chi connectivity index (χ2n) is 9.61. The molecule has 3 heterocycles. The Hall–Kier alpha value is -4.63. The molecule has 0 saturated heterocycles. The molecule has 0 saturated carbocycles. The zero-order chi connectivity index (χ0) is 27.1. The van der Waals surface area contributed by atoms with Crippen molar-refractivity contribution in [1.29, 1.82) is 0 Å². The van der Waals surface area contributed by atoms with Gasteiger partial charge in [-0.05, 0) is 74.9 Å². The minimum absolute atomic E-state index is 0.138. The van der Waals surface area contributed by atoms with Crippen LogP contribution in [0.3, 0.4) is 0 Å². The lowest BCUT2D eigenvalue weighted by atomic mass is 10.2. The van der Waals surface area contributed by atoms with Gasteiger partial charge in [0.2, 0.25) is 5.91 Å². The molecule has 1 N–H and O–H groups in total. The van der Waals surface area contributed by atoms with Gasteiger partial charge in [-0.3, -0.25) is 14.2 Å². The van der Waals surface area contributed by atoms with Crippen LogP contribution in [0, 0.1) is 20.8 Å². The van der Waals surface area contributed by atoms with Crippen LogP contribution in [0.1, 0.15) is 23.4 Å². The van der Waals surface area contributed by atoms with E-state index in [0.717, 1.165) is 32.0 Å². The molecule has 0 radical (unpaired) electrons. The number of hydrogen-bond donors (Lipinski definition) is 1. The van der Waals surface area contributed by atoms with Gasteiger partial charge in [0.25, 0.3) is 5.56 Å². The van der Waals surface area contributed by atoms with E-state index < -0.39 is 0 Å². The molecule has 9 heteroatoms. The predicted molar refractivity (Wildman–Crippen MR) is 156 cm³/mol. The van der Waals surface area contributed by atoms with E-state index in [-0.39, 0.29) is 24.4 Å². The van der Waals surface area contributed by atoms with Crippen molar-refractivity contribution >= 4 is 44.2 Å². The van der Waals surface area contributed by atoms with Crippen LogP contribution in [0.15, 0.2) is 77.7 Å². The van der Waals surface area contributed by atoms with Gasteiger partial charge in [-0.15, -0.1) is 11.3 Å². The van der Waals surface area contributed by atoms with Gasteiger partial charge in [0.1, 0.15) is 16.2 Å². The van der Waals surface area contributed by atoms with Crippen LogP contribution < -0.4 is 10.9 Å². The van der Waals surface area contributed by atoms with E-state index in [1.165, 1.54) is 16.3 Å². The Morgan fingerprint density at radius 2 is 1.67 bits per heavy atom. The average Bonchev–Trinajstić information content (AvgIpc) is 3.54. The van der Waals surface area contributed by atoms with Gasteiger partial charge in [0, 0.05) is 24.2 Å². The summed E-state index contributed by atoms with van der Waals surface area (Å²) < 4.78 is 4.35. The molecule has 194 valence electrons. The summed E-state index contributed by atoms with van der Waals surface area (Å²) in [6, 6.07) is 21.8. The normalized spacial score (nSPS) is 11.4. The zero-order valence-electron chi connectivity index (χ0n) is 21.8. The molecule has 0 unspecified atom stereocenters. The summed E-state index contributed by atoms with van der Waals surface area (Å²) in [5.74, 6) is 0.351. The maximum absolute atomic E-state index is 13.2. The summed E-state index contributed by atoms with van der Waals surface area (Å²) in [5, 5.41) is 8.68. The van der Waals surface area contributed by atoms with E-state index >= 15 is 0 Å². The Balaban J connectivity index is 1.14. The predicted octanol–water partition coefficient (Wildman–Crippen LogP) is 5.81. The molecule has 39 heavy (non-hydrogen) atoms. The Morgan fingerprint density at radius 1 is 0.923 bits per heavy atom. The van der Waals surface area contributed by atoms with Crippen molar-refractivity contribution in [3.05, 3.63) is 100 Å². The van der Waals surface area contributed by atoms with Crippen molar-refractivity contribution in [2.24, 2.45) is 0 Å². The number of aromatic nitrogens is 5. The highest BCUT2D eigenvalue weighted by Crippen LogP contribution is 2.31. The highest BCUT2D eigenvalue weighted by atomic mass is 32.1. The highest BCUT2D eigenvalue weighted by molar-refractivity contribution is 7.21. The monoisotopic (exact) mass is 534 g/mol. The van der Waals surface area contributed by atoms with Crippen LogP contribution in [-0.4, -0.2) is 30.2 Å². The molecule has 0 aliphatic heterocycles. The first kappa shape index (κ1) is 24.7. The van der Waals surface area contributed by atoms with Crippen molar-refractivity contribution in [1.82, 2.24) is 24.3 Å². The Kier molecular flexibility index (Phi) is 6.28. The molecular weight excluding hydrogens is 508 g/mol. The van der Waals surface area contributed by atoms with Gasteiger partial charge >= 0.3 is 0 Å². The lowest BCUT2D eigenvalue weighted by molar-refractivity contribution is -0.116. The van der Waals surface area contributed by atoms with Gasteiger partial charge in [-0.1, -0.05) is 23.8 Å². The number of anilines is 1. The standard InChI is InChI=1S/C30H26N6O2S/c1-18-4-11-23(12-5-18)36-28-24(17-31-36)30(38)35(20(3)32-28)15-14-27(37)33-22-9-7-21(8-10-22)29-34-25-13-6-19(2)16-26(25)39-29/h4-13,16-17H,14-15H2,1-3H3,(H,33,37). The number of nitrogens with one attached hydrogen (secondary N) is 1. The smallest absolute Gasteiger partial charge is 0.264 e. The number of rotatable bonds is 6. The van der Waals surface area contributed by atoms with E-state index in [4.69, 9.17) is 4.98 Å². The molecule has 3 aromatic heterocycles. The molecule has 8 nitrogen and oxygen atoms in total. The molecule has 0 spiro atoms. The number of nitrogens with zero attached hydrogens (tertiary/aromatic N) is 5. The van der Waals surface area contributed by atoms with Crippen molar-refractivity contribution < 1.29 is 4.79 Å². The molecule has 0 aliphatic rings. The third-order valence-corrected chi connectivity index (χ3v) is 7.75. The number of amides is 1. The Morgan fingerprint density at radius 3 is 2.44 bits per heavy atom. The van der Waals surface area contributed by atoms with Gasteiger partial charge in [-0.2, -0.15) is 5.10 Å². The fourth-order valence-corrected chi connectivity index (χ4v) is 5.60. The lowest BCUT2D eigenvalue weighted by Gasteiger charge is -2.11. The summed E-state index contributed by atoms with van der Waals surface area (Å²) in [6.45, 7) is 6.08. The lowest BCUT2D eigenvalue weighted by Crippen LogP contribution is -2.26. The number of benzene rings is 3. The molecule has 6 aromatic rings. The summed E-state index contributed by atoms with van der Waals surface area (Å²) in [4.78, 5) is 35.3. The van der Waals surface area contributed by atoms with Gasteiger partial charge in [0.05, 0.1) is 22.1 Å². The van der Waals surface area contributed by atoms with Gasteiger partial charge < -0.3 is 5.32 Å². The number of carbonyl (C=O) groups excluding carboxylic acids is 1. The maximum atomic E-state index is 13.2. The minimum atomic E-state index is -0.209. The second kappa shape index (κ2) is 9.92. The first-order valence-corrected chi connectivity index (χ1v) is 13.5. The molecule has 0 fully saturated rings. The number of fused-ring (bicyclic) bond motifs is 2. The topological polar surface area (TPSA) is 94.7 Å². The average molecular weight is 535 g/mol. The van der Waals surface area contributed by atoms with Crippen LogP contribution in [0.4, 0.5) is 5.69 Å². The van der Waals surface area contributed by atoms with E-state index in [1.807, 2.05) is 61.5 Å². The zero-order valence-corrected chi connectivity index (χ0v) is 22.6. The highest BCUT2D eigenvalue weighted by Gasteiger charge is 2.15. The largest absolute Gasteiger partial charge is 0.326 e. The van der Waals surface area contributed by atoms with Crippen molar-refractivity contribution in [3.63, 3.8) is 0 Å². The first-order chi connectivity index (χ1) is 18.9. The molecule has 3 aromatic carbocycles. The van der Waals surface area contributed by atoms with Crippen LogP contribution in [-0.2, 0) is 11.3 Å². The van der Waals surface area contributed by atoms with Crippen molar-refractivity contribution in [3.8, 4) is 16.3 Å². The molecule has 0 atom stereocenters. The maximum Gasteiger partial charge on any atom is 0.264 e.